The molecule has 4 aromatic heterocycles. The third-order valence-corrected chi connectivity index (χ3v) is 6.66. The molecule has 244 valence electrons. The minimum Gasteiger partial charge on any atom is -0.497 e. The van der Waals surface area contributed by atoms with Crippen LogP contribution in [0.25, 0.3) is 33.2 Å². The maximum atomic E-state index is 8.91. The molecule has 0 spiro atoms. The standard InChI is InChI=1S/C15H14N4O2.C8H11BO4.C7H5BrN4.CH4/c1-20-12-4-9(5-13(6-12)21-2)10-3-11-8-18-15(16)19-14(11)17-7-10;1-12-7-3-6(9(10)11)4-8(5-7)13-2;8-5-1-4-2-11-7(9)12-6(4)10-3-5;/h3-8H,1-2H3,(H2,16,17,18,19);3-5,10-11H,1-2H3;1-3H,(H2,9,10,11,12);1H4. The number of aromatic nitrogens is 6. The number of nitrogen functional groups attached to an aromatic ring is 2. The molecular weight excluding hydrogens is 671 g/mol. The van der Waals surface area contributed by atoms with Gasteiger partial charge in [0.05, 0.1) is 28.4 Å². The van der Waals surface area contributed by atoms with Gasteiger partial charge in [0.2, 0.25) is 11.9 Å². The van der Waals surface area contributed by atoms with E-state index < -0.39 is 7.12 Å². The van der Waals surface area contributed by atoms with E-state index in [1.807, 2.05) is 30.3 Å². The second kappa shape index (κ2) is 16.8. The van der Waals surface area contributed by atoms with Crippen LogP contribution < -0.4 is 35.9 Å². The molecule has 0 aliphatic rings. The lowest BCUT2D eigenvalue weighted by Crippen LogP contribution is -2.29. The Bertz CT molecular complexity index is 1870. The van der Waals surface area contributed by atoms with Crippen LogP contribution in [0.4, 0.5) is 11.9 Å². The van der Waals surface area contributed by atoms with Gasteiger partial charge in [0, 0.05) is 57.7 Å². The number of rotatable bonds is 6. The summed E-state index contributed by atoms with van der Waals surface area (Å²) in [5.41, 5.74) is 14.3. The van der Waals surface area contributed by atoms with Crippen molar-refractivity contribution >= 4 is 62.5 Å². The van der Waals surface area contributed by atoms with Gasteiger partial charge in [-0.15, -0.1) is 0 Å². The van der Waals surface area contributed by atoms with Crippen LogP contribution in [0.3, 0.4) is 0 Å². The lowest BCUT2D eigenvalue weighted by atomic mass is 9.80. The Hall–Kier alpha value is -5.32. The Balaban J connectivity index is 0.000000201. The van der Waals surface area contributed by atoms with Crippen LogP contribution in [-0.2, 0) is 0 Å². The highest BCUT2D eigenvalue weighted by molar-refractivity contribution is 9.10. The highest BCUT2D eigenvalue weighted by atomic mass is 79.9. The molecule has 0 aliphatic heterocycles. The average molecular weight is 705 g/mol. The zero-order chi connectivity index (χ0) is 33.2. The van der Waals surface area contributed by atoms with E-state index in [1.54, 1.807) is 45.1 Å². The molecule has 6 rings (SSSR count). The second-order valence-corrected chi connectivity index (χ2v) is 10.2. The molecule has 0 aliphatic carbocycles. The van der Waals surface area contributed by atoms with E-state index in [9.17, 15) is 0 Å². The summed E-state index contributed by atoms with van der Waals surface area (Å²) in [6.45, 7) is 0. The highest BCUT2D eigenvalue weighted by Crippen LogP contribution is 2.30. The summed E-state index contributed by atoms with van der Waals surface area (Å²) in [6, 6.07) is 14.2. The molecule has 0 radical (unpaired) electrons. The van der Waals surface area contributed by atoms with E-state index in [1.165, 1.54) is 26.4 Å². The molecule has 6 N–H and O–H groups in total. The summed E-state index contributed by atoms with van der Waals surface area (Å²) in [7, 11) is 4.73. The number of anilines is 2. The van der Waals surface area contributed by atoms with E-state index in [2.05, 4.69) is 45.8 Å². The van der Waals surface area contributed by atoms with Gasteiger partial charge in [-0.1, -0.05) is 7.43 Å². The molecule has 0 fully saturated rings. The zero-order valence-corrected chi connectivity index (χ0v) is 26.8. The first kappa shape index (κ1) is 36.2. The van der Waals surface area contributed by atoms with E-state index in [0.29, 0.717) is 28.3 Å². The fourth-order valence-corrected chi connectivity index (χ4v) is 4.30. The van der Waals surface area contributed by atoms with Crippen LogP contribution in [0.15, 0.2) is 77.8 Å². The fraction of sp³-hybridized carbons (Fsp3) is 0.161. The van der Waals surface area contributed by atoms with Gasteiger partial charge in [0.1, 0.15) is 23.0 Å². The van der Waals surface area contributed by atoms with Crippen molar-refractivity contribution < 1.29 is 29.0 Å². The van der Waals surface area contributed by atoms with Crippen molar-refractivity contribution in [3.8, 4) is 34.1 Å². The van der Waals surface area contributed by atoms with Gasteiger partial charge in [-0.3, -0.25) is 0 Å². The molecule has 0 bridgehead atoms. The number of benzene rings is 2. The molecule has 6 aromatic rings. The van der Waals surface area contributed by atoms with Crippen LogP contribution in [0.2, 0.25) is 0 Å². The Morgan fingerprint density at radius 2 is 1.02 bits per heavy atom. The smallest absolute Gasteiger partial charge is 0.488 e. The third kappa shape index (κ3) is 9.83. The molecule has 0 amide bonds. The van der Waals surface area contributed by atoms with Crippen LogP contribution in [0.5, 0.6) is 23.0 Å². The van der Waals surface area contributed by atoms with E-state index in [-0.39, 0.29) is 19.3 Å². The summed E-state index contributed by atoms with van der Waals surface area (Å²) < 4.78 is 21.4. The van der Waals surface area contributed by atoms with Crippen LogP contribution in [0, 0.1) is 0 Å². The number of nitrogens with zero attached hydrogens (tertiary/aromatic N) is 6. The van der Waals surface area contributed by atoms with Crippen molar-refractivity contribution in [2.24, 2.45) is 0 Å². The van der Waals surface area contributed by atoms with Crippen LogP contribution >= 0.6 is 15.9 Å². The predicted molar refractivity (Wildman–Crippen MR) is 186 cm³/mol. The van der Waals surface area contributed by atoms with E-state index in [0.717, 1.165) is 37.9 Å². The number of fused-ring (bicyclic) bond motifs is 2. The Kier molecular flexibility index (Phi) is 13.0. The Morgan fingerprint density at radius 3 is 1.49 bits per heavy atom. The first-order chi connectivity index (χ1) is 22.1. The van der Waals surface area contributed by atoms with Gasteiger partial charge < -0.3 is 40.5 Å². The van der Waals surface area contributed by atoms with Crippen molar-refractivity contribution in [3.05, 3.63) is 77.8 Å². The number of hydrogen-bond donors (Lipinski definition) is 4. The van der Waals surface area contributed by atoms with Gasteiger partial charge in [-0.2, -0.15) is 9.97 Å². The quantitative estimate of drug-likeness (QED) is 0.183. The Morgan fingerprint density at radius 1 is 0.574 bits per heavy atom. The summed E-state index contributed by atoms with van der Waals surface area (Å²) >= 11 is 3.30. The zero-order valence-electron chi connectivity index (χ0n) is 25.2. The molecule has 47 heavy (non-hydrogen) atoms. The van der Waals surface area contributed by atoms with Crippen molar-refractivity contribution in [1.82, 2.24) is 29.9 Å². The van der Waals surface area contributed by atoms with Crippen molar-refractivity contribution in [1.29, 1.82) is 0 Å². The van der Waals surface area contributed by atoms with E-state index >= 15 is 0 Å². The number of hydrogen-bond acceptors (Lipinski definition) is 14. The summed E-state index contributed by atoms with van der Waals surface area (Å²) in [5.74, 6) is 2.96. The minimum atomic E-state index is -1.51. The number of pyridine rings is 2. The first-order valence-corrected chi connectivity index (χ1v) is 14.2. The lowest BCUT2D eigenvalue weighted by molar-refractivity contribution is 0.392. The number of nitrogens with two attached hydrogens (primary N) is 2. The molecule has 14 nitrogen and oxygen atoms in total. The van der Waals surface area contributed by atoms with Gasteiger partial charge in [0.15, 0.2) is 11.3 Å². The minimum absolute atomic E-state index is 0. The topological polar surface area (TPSA) is 207 Å². The second-order valence-electron chi connectivity index (χ2n) is 9.28. The fourth-order valence-electron chi connectivity index (χ4n) is 3.96. The normalized spacial score (nSPS) is 10.0. The highest BCUT2D eigenvalue weighted by Gasteiger charge is 2.13. The molecule has 0 saturated heterocycles. The molecule has 2 aromatic carbocycles. The maximum Gasteiger partial charge on any atom is 0.488 e. The molecule has 0 unspecified atom stereocenters. The van der Waals surface area contributed by atoms with Gasteiger partial charge >= 0.3 is 7.12 Å². The van der Waals surface area contributed by atoms with E-state index in [4.69, 9.17) is 40.5 Å². The van der Waals surface area contributed by atoms with Crippen LogP contribution in [-0.4, -0.2) is 75.5 Å². The number of halogens is 1. The van der Waals surface area contributed by atoms with Gasteiger partial charge in [-0.05, 0) is 63.4 Å². The predicted octanol–water partition coefficient (Wildman–Crippen LogP) is 3.68. The lowest BCUT2D eigenvalue weighted by Gasteiger charge is -2.09. The van der Waals surface area contributed by atoms with Crippen LogP contribution in [0.1, 0.15) is 7.43 Å². The van der Waals surface area contributed by atoms with Gasteiger partial charge in [-0.25, -0.2) is 19.9 Å². The molecule has 0 atom stereocenters. The SMILES string of the molecule is C.COc1cc(OC)cc(-c2cnc3nc(N)ncc3c2)c1.COc1cc(OC)cc(B(O)O)c1.Nc1ncc2cc(Br)cnc2n1. The summed E-state index contributed by atoms with van der Waals surface area (Å²) in [6.07, 6.45) is 6.72. The monoisotopic (exact) mass is 704 g/mol. The largest absolute Gasteiger partial charge is 0.497 e. The Labute approximate surface area is 280 Å². The number of ether oxygens (including phenoxy) is 4. The van der Waals surface area contributed by atoms with Gasteiger partial charge in [0.25, 0.3) is 0 Å². The average Bonchev–Trinajstić information content (AvgIpc) is 3.08. The maximum absolute atomic E-state index is 8.91. The molecular formula is C31H34BBrN8O6. The summed E-state index contributed by atoms with van der Waals surface area (Å²) in [5, 5.41) is 19.5. The molecule has 16 heteroatoms. The molecule has 4 heterocycles. The van der Waals surface area contributed by atoms with Crippen molar-refractivity contribution in [2.75, 3.05) is 39.9 Å². The third-order valence-electron chi connectivity index (χ3n) is 6.23. The summed E-state index contributed by atoms with van der Waals surface area (Å²) in [4.78, 5) is 24.3. The van der Waals surface area contributed by atoms with Crippen molar-refractivity contribution in [3.63, 3.8) is 0 Å². The first-order valence-electron chi connectivity index (χ1n) is 13.4. The molecule has 0 saturated carbocycles. The van der Waals surface area contributed by atoms with Crippen molar-refractivity contribution in [2.45, 2.75) is 7.43 Å². The number of methoxy groups -OCH3 is 4.